The van der Waals surface area contributed by atoms with E-state index in [-0.39, 0.29) is 11.6 Å². The van der Waals surface area contributed by atoms with Crippen LogP contribution in [0.15, 0.2) is 30.5 Å². The molecule has 1 aromatic heterocycles. The van der Waals surface area contributed by atoms with Gasteiger partial charge in [-0.1, -0.05) is 11.6 Å². The summed E-state index contributed by atoms with van der Waals surface area (Å²) in [5, 5.41) is 9.98. The highest BCUT2D eigenvalue weighted by Gasteiger charge is 2.40. The summed E-state index contributed by atoms with van der Waals surface area (Å²) >= 11 is 5.78. The predicted octanol–water partition coefficient (Wildman–Crippen LogP) is 3.27. The van der Waals surface area contributed by atoms with Crippen molar-refractivity contribution < 1.29 is 18.0 Å². The molecule has 0 radical (unpaired) electrons. The molecule has 1 fully saturated rings. The Morgan fingerprint density at radius 2 is 2.08 bits per heavy atom. The number of nitrogens with one attached hydrogen (secondary N) is 2. The third-order valence-corrected chi connectivity index (χ3v) is 4.56. The molecule has 1 aromatic carbocycles. The molecule has 2 N–H and O–H groups in total. The highest BCUT2D eigenvalue weighted by molar-refractivity contribution is 6.30. The lowest BCUT2D eigenvalue weighted by Gasteiger charge is -2.22. The lowest BCUT2D eigenvalue weighted by molar-refractivity contribution is -0.143. The van der Waals surface area contributed by atoms with Gasteiger partial charge in [0.15, 0.2) is 5.69 Å². The Morgan fingerprint density at radius 3 is 2.69 bits per heavy atom. The van der Waals surface area contributed by atoms with Crippen LogP contribution in [0.1, 0.15) is 28.9 Å². The molecule has 1 amide bonds. The molecule has 3 rings (SSSR count). The third-order valence-electron chi connectivity index (χ3n) is 4.30. The molecule has 2 heterocycles. The fourth-order valence-electron chi connectivity index (χ4n) is 3.00. The second-order valence-electron chi connectivity index (χ2n) is 6.22. The zero-order chi connectivity index (χ0) is 18.7. The molecule has 1 aliphatic rings. The van der Waals surface area contributed by atoms with Crippen molar-refractivity contribution >= 4 is 17.5 Å². The van der Waals surface area contributed by atoms with E-state index < -0.39 is 23.3 Å². The van der Waals surface area contributed by atoms with Gasteiger partial charge in [-0.2, -0.15) is 18.3 Å². The second kappa shape index (κ2) is 7.67. The molecule has 1 atom stereocenters. The van der Waals surface area contributed by atoms with Gasteiger partial charge in [-0.05, 0) is 56.1 Å². The van der Waals surface area contributed by atoms with Crippen LogP contribution >= 0.6 is 11.6 Å². The summed E-state index contributed by atoms with van der Waals surface area (Å²) in [5.41, 5.74) is -1.41. The molecule has 5 nitrogen and oxygen atoms in total. The minimum Gasteiger partial charge on any atom is -0.352 e. The largest absolute Gasteiger partial charge is 0.434 e. The minimum atomic E-state index is -4.73. The maximum absolute atomic E-state index is 13.6. The molecule has 2 aromatic rings. The van der Waals surface area contributed by atoms with Gasteiger partial charge in [0.1, 0.15) is 0 Å². The van der Waals surface area contributed by atoms with Gasteiger partial charge < -0.3 is 10.6 Å². The molecule has 1 unspecified atom stereocenters. The number of nitrogens with zero attached hydrogens (tertiary/aromatic N) is 2. The molecule has 1 aliphatic heterocycles. The monoisotopic (exact) mass is 386 g/mol. The van der Waals surface area contributed by atoms with Crippen LogP contribution in [0.5, 0.6) is 0 Å². The smallest absolute Gasteiger partial charge is 0.352 e. The van der Waals surface area contributed by atoms with Gasteiger partial charge in [0.25, 0.3) is 5.91 Å². The topological polar surface area (TPSA) is 59.0 Å². The van der Waals surface area contributed by atoms with Crippen LogP contribution < -0.4 is 10.6 Å². The summed E-state index contributed by atoms with van der Waals surface area (Å²) in [6, 6.07) is 5.77. The molecule has 1 saturated heterocycles. The fourth-order valence-corrected chi connectivity index (χ4v) is 3.12. The van der Waals surface area contributed by atoms with Gasteiger partial charge in [-0.15, -0.1) is 0 Å². The van der Waals surface area contributed by atoms with E-state index in [1.807, 2.05) is 0 Å². The number of halogens is 4. The Kier molecular flexibility index (Phi) is 5.52. The summed E-state index contributed by atoms with van der Waals surface area (Å²) in [7, 11) is 0. The highest BCUT2D eigenvalue weighted by Crippen LogP contribution is 2.33. The molecule has 0 aliphatic carbocycles. The van der Waals surface area contributed by atoms with Crippen LogP contribution in [0.2, 0.25) is 5.02 Å². The van der Waals surface area contributed by atoms with E-state index >= 15 is 0 Å². The van der Waals surface area contributed by atoms with E-state index in [0.717, 1.165) is 32.1 Å². The Morgan fingerprint density at radius 1 is 1.35 bits per heavy atom. The van der Waals surface area contributed by atoms with Crippen LogP contribution in [-0.2, 0) is 6.18 Å². The van der Waals surface area contributed by atoms with Crippen molar-refractivity contribution in [1.29, 1.82) is 0 Å². The summed E-state index contributed by atoms with van der Waals surface area (Å²) in [5.74, 6) is -0.559. The van der Waals surface area contributed by atoms with E-state index in [0.29, 0.717) is 16.2 Å². The van der Waals surface area contributed by atoms with Crippen molar-refractivity contribution in [3.8, 4) is 5.69 Å². The van der Waals surface area contributed by atoms with E-state index in [1.165, 1.54) is 24.3 Å². The van der Waals surface area contributed by atoms with E-state index in [9.17, 15) is 18.0 Å². The first-order valence-corrected chi connectivity index (χ1v) is 8.64. The Labute approximate surface area is 153 Å². The Bertz CT molecular complexity index is 767. The van der Waals surface area contributed by atoms with Gasteiger partial charge in [-0.3, -0.25) is 4.79 Å². The lowest BCUT2D eigenvalue weighted by atomic mass is 9.99. The SMILES string of the molecule is O=C(NCC1CCCNC1)c1cnn(-c2ccc(Cl)cc2)c1C(F)(F)F. The number of piperidine rings is 1. The molecule has 0 spiro atoms. The number of alkyl halides is 3. The zero-order valence-corrected chi connectivity index (χ0v) is 14.6. The van der Waals surface area contributed by atoms with E-state index in [4.69, 9.17) is 11.6 Å². The highest BCUT2D eigenvalue weighted by atomic mass is 35.5. The van der Waals surface area contributed by atoms with Crippen LogP contribution in [0.25, 0.3) is 5.69 Å². The maximum Gasteiger partial charge on any atom is 0.434 e. The molecular weight excluding hydrogens is 369 g/mol. The first-order valence-electron chi connectivity index (χ1n) is 8.26. The van der Waals surface area contributed by atoms with Crippen molar-refractivity contribution in [3.05, 3.63) is 46.7 Å². The number of carbonyl (C=O) groups is 1. The number of carbonyl (C=O) groups excluding carboxylic acids is 1. The molecule has 0 bridgehead atoms. The molecule has 140 valence electrons. The second-order valence-corrected chi connectivity index (χ2v) is 6.65. The molecular formula is C17H18ClF3N4O. The van der Waals surface area contributed by atoms with E-state index in [2.05, 4.69) is 15.7 Å². The number of aromatic nitrogens is 2. The number of hydrogen-bond donors (Lipinski definition) is 2. The number of hydrogen-bond acceptors (Lipinski definition) is 3. The van der Waals surface area contributed by atoms with Crippen molar-refractivity contribution in [2.75, 3.05) is 19.6 Å². The molecule has 0 saturated carbocycles. The van der Waals surface area contributed by atoms with Gasteiger partial charge in [0, 0.05) is 11.6 Å². The van der Waals surface area contributed by atoms with Crippen LogP contribution in [0, 0.1) is 5.92 Å². The van der Waals surface area contributed by atoms with Gasteiger partial charge in [0.05, 0.1) is 17.4 Å². The van der Waals surface area contributed by atoms with Crippen molar-refractivity contribution in [2.24, 2.45) is 5.92 Å². The number of benzene rings is 1. The van der Waals surface area contributed by atoms with Crippen molar-refractivity contribution in [2.45, 2.75) is 19.0 Å². The summed E-state index contributed by atoms with van der Waals surface area (Å²) in [4.78, 5) is 12.3. The first-order chi connectivity index (χ1) is 12.4. The number of rotatable bonds is 4. The summed E-state index contributed by atoms with van der Waals surface area (Å²) < 4.78 is 41.5. The van der Waals surface area contributed by atoms with Crippen molar-refractivity contribution in [1.82, 2.24) is 20.4 Å². The molecule has 26 heavy (non-hydrogen) atoms. The van der Waals surface area contributed by atoms with Crippen LogP contribution in [-0.4, -0.2) is 35.3 Å². The van der Waals surface area contributed by atoms with E-state index in [1.54, 1.807) is 0 Å². The molecule has 9 heteroatoms. The van der Waals surface area contributed by atoms with Gasteiger partial charge >= 0.3 is 6.18 Å². The average molecular weight is 387 g/mol. The average Bonchev–Trinajstić information content (AvgIpc) is 3.07. The lowest BCUT2D eigenvalue weighted by Crippen LogP contribution is -2.38. The summed E-state index contributed by atoms with van der Waals surface area (Å²) in [6.07, 6.45) is -1.85. The minimum absolute atomic E-state index is 0.178. The van der Waals surface area contributed by atoms with Gasteiger partial charge in [0.2, 0.25) is 0 Å². The van der Waals surface area contributed by atoms with Crippen LogP contribution in [0.4, 0.5) is 13.2 Å². The Hall–Kier alpha value is -2.06. The van der Waals surface area contributed by atoms with Crippen LogP contribution in [0.3, 0.4) is 0 Å². The standard InChI is InChI=1S/C17H18ClF3N4O/c18-12-3-5-13(6-4-12)25-15(17(19,20)21)14(10-24-25)16(26)23-9-11-2-1-7-22-8-11/h3-6,10-11,22H,1-2,7-9H2,(H,23,26). The fraction of sp³-hybridized carbons (Fsp3) is 0.412. The predicted molar refractivity (Wildman–Crippen MR) is 91.5 cm³/mol. The van der Waals surface area contributed by atoms with Gasteiger partial charge in [-0.25, -0.2) is 4.68 Å². The third kappa shape index (κ3) is 4.19. The van der Waals surface area contributed by atoms with Crippen molar-refractivity contribution in [3.63, 3.8) is 0 Å². The quantitative estimate of drug-likeness (QED) is 0.847. The Balaban J connectivity index is 1.84. The first kappa shape index (κ1) is 18.7. The normalized spacial score (nSPS) is 17.9. The summed E-state index contributed by atoms with van der Waals surface area (Å²) in [6.45, 7) is 2.00. The maximum atomic E-state index is 13.6. The number of amides is 1. The zero-order valence-electron chi connectivity index (χ0n) is 13.8.